The molecule has 1 aromatic carbocycles. The van der Waals surface area contributed by atoms with Gasteiger partial charge in [0, 0.05) is 18.5 Å². The molecule has 0 unspecified atom stereocenters. The standard InChI is InChI=1S/C20H23N3O/c21-14-18-8-4-9-19(22-18)23-13-5-11-20(15-23,16-24)12-10-17-6-2-1-3-7-17/h1-4,6-9,24H,5,10-13,15-16H2/t20-/m1/s1. The molecule has 1 aromatic heterocycles. The highest BCUT2D eigenvalue weighted by Crippen LogP contribution is 2.35. The van der Waals surface area contributed by atoms with E-state index in [9.17, 15) is 5.11 Å². The van der Waals surface area contributed by atoms with Crippen LogP contribution in [0.3, 0.4) is 0 Å². The van der Waals surface area contributed by atoms with Crippen molar-refractivity contribution in [1.82, 2.24) is 4.98 Å². The summed E-state index contributed by atoms with van der Waals surface area (Å²) in [7, 11) is 0. The van der Waals surface area contributed by atoms with Gasteiger partial charge in [0.15, 0.2) is 0 Å². The maximum Gasteiger partial charge on any atom is 0.142 e. The number of aromatic nitrogens is 1. The molecule has 1 atom stereocenters. The average molecular weight is 321 g/mol. The molecule has 124 valence electrons. The molecule has 0 bridgehead atoms. The lowest BCUT2D eigenvalue weighted by molar-refractivity contribution is 0.0963. The zero-order valence-corrected chi connectivity index (χ0v) is 13.9. The molecule has 1 N–H and O–H groups in total. The van der Waals surface area contributed by atoms with Gasteiger partial charge in [-0.25, -0.2) is 4.98 Å². The smallest absolute Gasteiger partial charge is 0.142 e. The number of nitriles is 1. The number of pyridine rings is 1. The predicted octanol–water partition coefficient (Wildman–Crippen LogP) is 3.16. The average Bonchev–Trinajstić information content (AvgIpc) is 2.67. The molecule has 1 fully saturated rings. The van der Waals surface area contributed by atoms with Gasteiger partial charge in [0.2, 0.25) is 0 Å². The number of piperidine rings is 1. The summed E-state index contributed by atoms with van der Waals surface area (Å²) in [6.45, 7) is 1.90. The minimum Gasteiger partial charge on any atom is -0.396 e. The van der Waals surface area contributed by atoms with Crippen molar-refractivity contribution in [2.75, 3.05) is 24.6 Å². The van der Waals surface area contributed by atoms with Crippen molar-refractivity contribution in [2.24, 2.45) is 5.41 Å². The molecule has 2 aromatic rings. The van der Waals surface area contributed by atoms with E-state index in [0.717, 1.165) is 44.6 Å². The number of anilines is 1. The van der Waals surface area contributed by atoms with Crippen LogP contribution in [0.15, 0.2) is 48.5 Å². The molecular formula is C20H23N3O. The third-order valence-electron chi connectivity index (χ3n) is 4.96. The van der Waals surface area contributed by atoms with Crippen molar-refractivity contribution >= 4 is 5.82 Å². The van der Waals surface area contributed by atoms with E-state index in [2.05, 4.69) is 40.2 Å². The second-order valence-electron chi connectivity index (χ2n) is 6.66. The van der Waals surface area contributed by atoms with E-state index in [4.69, 9.17) is 5.26 Å². The van der Waals surface area contributed by atoms with Gasteiger partial charge >= 0.3 is 0 Å². The molecular weight excluding hydrogens is 298 g/mol. The molecule has 2 heterocycles. The van der Waals surface area contributed by atoms with Crippen molar-refractivity contribution < 1.29 is 5.11 Å². The molecule has 0 amide bonds. The van der Waals surface area contributed by atoms with Crippen LogP contribution in [-0.4, -0.2) is 29.8 Å². The predicted molar refractivity (Wildman–Crippen MR) is 94.7 cm³/mol. The number of hydrogen-bond donors (Lipinski definition) is 1. The maximum atomic E-state index is 10.1. The van der Waals surface area contributed by atoms with E-state index in [1.54, 1.807) is 6.07 Å². The van der Waals surface area contributed by atoms with E-state index in [1.807, 2.05) is 18.2 Å². The van der Waals surface area contributed by atoms with Gasteiger partial charge in [-0.1, -0.05) is 36.4 Å². The molecule has 0 radical (unpaired) electrons. The number of aliphatic hydroxyl groups excluding tert-OH is 1. The van der Waals surface area contributed by atoms with E-state index in [1.165, 1.54) is 5.56 Å². The van der Waals surface area contributed by atoms with Gasteiger partial charge in [-0.2, -0.15) is 5.26 Å². The quantitative estimate of drug-likeness (QED) is 0.919. The fourth-order valence-electron chi connectivity index (χ4n) is 3.53. The summed E-state index contributed by atoms with van der Waals surface area (Å²) in [6.07, 6.45) is 4.00. The first-order chi connectivity index (χ1) is 11.7. The van der Waals surface area contributed by atoms with Gasteiger partial charge in [0.05, 0.1) is 6.61 Å². The summed E-state index contributed by atoms with van der Waals surface area (Å²) in [5.74, 6) is 0.839. The normalized spacial score (nSPS) is 20.6. The fourth-order valence-corrected chi connectivity index (χ4v) is 3.53. The van der Waals surface area contributed by atoms with E-state index >= 15 is 0 Å². The minimum absolute atomic E-state index is 0.0988. The molecule has 4 nitrogen and oxygen atoms in total. The second kappa shape index (κ2) is 7.46. The summed E-state index contributed by atoms with van der Waals surface area (Å²) in [6, 6.07) is 18.1. The lowest BCUT2D eigenvalue weighted by Crippen LogP contribution is -2.46. The first-order valence-corrected chi connectivity index (χ1v) is 8.52. The highest BCUT2D eigenvalue weighted by Gasteiger charge is 2.35. The molecule has 3 rings (SSSR count). The number of benzene rings is 1. The molecule has 0 saturated carbocycles. The van der Waals surface area contributed by atoms with Gasteiger partial charge in [0.1, 0.15) is 17.6 Å². The van der Waals surface area contributed by atoms with E-state index in [-0.39, 0.29) is 12.0 Å². The van der Waals surface area contributed by atoms with Crippen LogP contribution >= 0.6 is 0 Å². The molecule has 1 aliphatic rings. The third-order valence-corrected chi connectivity index (χ3v) is 4.96. The van der Waals surface area contributed by atoms with Crippen molar-refractivity contribution in [3.05, 3.63) is 59.8 Å². The molecule has 24 heavy (non-hydrogen) atoms. The van der Waals surface area contributed by atoms with Crippen LogP contribution in [0.25, 0.3) is 0 Å². The van der Waals surface area contributed by atoms with Crippen LogP contribution in [0, 0.1) is 16.7 Å². The molecule has 0 aliphatic carbocycles. The van der Waals surface area contributed by atoms with Gasteiger partial charge in [-0.3, -0.25) is 0 Å². The first-order valence-electron chi connectivity index (χ1n) is 8.52. The van der Waals surface area contributed by atoms with Crippen molar-refractivity contribution in [1.29, 1.82) is 5.26 Å². The van der Waals surface area contributed by atoms with Crippen molar-refractivity contribution in [3.8, 4) is 6.07 Å². The SMILES string of the molecule is N#Cc1cccc(N2CCC[C@@](CO)(CCc3ccccc3)C2)n1. The topological polar surface area (TPSA) is 60.2 Å². The van der Waals surface area contributed by atoms with Crippen molar-refractivity contribution in [2.45, 2.75) is 25.7 Å². The van der Waals surface area contributed by atoms with Gasteiger partial charge in [0.25, 0.3) is 0 Å². The second-order valence-corrected chi connectivity index (χ2v) is 6.66. The summed E-state index contributed by atoms with van der Waals surface area (Å²) in [5, 5.41) is 19.1. The van der Waals surface area contributed by atoms with Crippen LogP contribution in [0.4, 0.5) is 5.82 Å². The van der Waals surface area contributed by atoms with E-state index in [0.29, 0.717) is 5.69 Å². The number of nitrogens with zero attached hydrogens (tertiary/aromatic N) is 3. The largest absolute Gasteiger partial charge is 0.396 e. The molecule has 1 saturated heterocycles. The Kier molecular flexibility index (Phi) is 5.12. The monoisotopic (exact) mass is 321 g/mol. The minimum atomic E-state index is -0.0988. The highest BCUT2D eigenvalue weighted by atomic mass is 16.3. The Morgan fingerprint density at radius 1 is 1.17 bits per heavy atom. The lowest BCUT2D eigenvalue weighted by Gasteiger charge is -2.42. The van der Waals surface area contributed by atoms with Crippen LogP contribution < -0.4 is 4.90 Å². The summed E-state index contributed by atoms with van der Waals surface area (Å²) < 4.78 is 0. The van der Waals surface area contributed by atoms with Crippen LogP contribution in [-0.2, 0) is 6.42 Å². The number of hydrogen-bond acceptors (Lipinski definition) is 4. The molecule has 4 heteroatoms. The molecule has 1 aliphatic heterocycles. The Morgan fingerprint density at radius 2 is 2.00 bits per heavy atom. The first kappa shape index (κ1) is 16.5. The third kappa shape index (κ3) is 3.74. The van der Waals surface area contributed by atoms with Crippen LogP contribution in [0.5, 0.6) is 0 Å². The Labute approximate surface area is 143 Å². The highest BCUT2D eigenvalue weighted by molar-refractivity contribution is 5.42. The summed E-state index contributed by atoms with van der Waals surface area (Å²) in [4.78, 5) is 6.63. The Bertz CT molecular complexity index is 710. The zero-order valence-electron chi connectivity index (χ0n) is 13.9. The number of aliphatic hydroxyl groups is 1. The van der Waals surface area contributed by atoms with Gasteiger partial charge < -0.3 is 10.0 Å². The lowest BCUT2D eigenvalue weighted by atomic mass is 9.76. The maximum absolute atomic E-state index is 10.1. The number of aryl methyl sites for hydroxylation is 1. The van der Waals surface area contributed by atoms with Gasteiger partial charge in [-0.05, 0) is 43.4 Å². The fraction of sp³-hybridized carbons (Fsp3) is 0.400. The van der Waals surface area contributed by atoms with Crippen LogP contribution in [0.2, 0.25) is 0 Å². The van der Waals surface area contributed by atoms with Crippen molar-refractivity contribution in [3.63, 3.8) is 0 Å². The van der Waals surface area contributed by atoms with Gasteiger partial charge in [-0.15, -0.1) is 0 Å². The van der Waals surface area contributed by atoms with Crippen LogP contribution in [0.1, 0.15) is 30.5 Å². The summed E-state index contributed by atoms with van der Waals surface area (Å²) in [5.41, 5.74) is 1.65. The van der Waals surface area contributed by atoms with E-state index < -0.39 is 0 Å². The Balaban J connectivity index is 1.73. The Hall–Kier alpha value is -2.38. The summed E-state index contributed by atoms with van der Waals surface area (Å²) >= 11 is 0. The zero-order chi connectivity index (χ0) is 16.8. The Morgan fingerprint density at radius 3 is 2.75 bits per heavy atom. The number of rotatable bonds is 5. The molecule has 0 spiro atoms.